The number of phosphoric ester groups is 1. The summed E-state index contributed by atoms with van der Waals surface area (Å²) in [7, 11) is -2.70. The summed E-state index contributed by atoms with van der Waals surface area (Å²) in [5.41, 5.74) is -0.275. The van der Waals surface area contributed by atoms with Crippen LogP contribution in [0.3, 0.4) is 0 Å². The molecule has 284 valence electrons. The van der Waals surface area contributed by atoms with Crippen LogP contribution in [0.4, 0.5) is 19.0 Å². The number of anilines is 1. The molecule has 4 saturated heterocycles. The summed E-state index contributed by atoms with van der Waals surface area (Å²) in [6, 6.07) is 6.15. The van der Waals surface area contributed by atoms with Crippen LogP contribution in [-0.2, 0) is 24.7 Å². The van der Waals surface area contributed by atoms with Crippen LogP contribution in [0.2, 0.25) is 0 Å². The van der Waals surface area contributed by atoms with Gasteiger partial charge in [0.05, 0.1) is 30.4 Å². The molecule has 7 heterocycles. The number of benzene rings is 2. The number of nitrogens with zero attached hydrogens (tertiary/aromatic N) is 5. The number of rotatable bonds is 10. The van der Waals surface area contributed by atoms with Gasteiger partial charge in [-0.3, -0.25) is 18.5 Å². The average molecular weight is 765 g/mol. The second-order valence-corrected chi connectivity index (χ2v) is 16.5. The van der Waals surface area contributed by atoms with Crippen LogP contribution >= 0.6 is 7.82 Å². The first-order valence-electron chi connectivity index (χ1n) is 18.4. The lowest BCUT2D eigenvalue weighted by Gasteiger charge is -2.40. The van der Waals surface area contributed by atoms with E-state index in [1.54, 1.807) is 19.1 Å². The van der Waals surface area contributed by atoms with Crippen molar-refractivity contribution in [1.82, 2.24) is 25.2 Å². The molecule has 54 heavy (non-hydrogen) atoms. The first-order valence-corrected chi connectivity index (χ1v) is 19.8. The Bertz CT molecular complexity index is 2260. The van der Waals surface area contributed by atoms with E-state index in [0.29, 0.717) is 41.7 Å². The number of pyridine rings is 1. The molecule has 2 aromatic carbocycles. The molecule has 12 nitrogen and oxygen atoms in total. The quantitative estimate of drug-likeness (QED) is 0.149. The van der Waals surface area contributed by atoms with Crippen molar-refractivity contribution in [3.05, 3.63) is 47.0 Å². The first kappa shape index (κ1) is 35.7. The van der Waals surface area contributed by atoms with E-state index in [1.807, 2.05) is 0 Å². The van der Waals surface area contributed by atoms with E-state index in [9.17, 15) is 8.96 Å². The highest BCUT2D eigenvalue weighted by Gasteiger charge is 2.50. The molecule has 16 heteroatoms. The van der Waals surface area contributed by atoms with Gasteiger partial charge in [-0.05, 0) is 68.3 Å². The van der Waals surface area contributed by atoms with Gasteiger partial charge in [-0.1, -0.05) is 12.0 Å². The largest absolute Gasteiger partial charge is 0.475 e. The minimum absolute atomic E-state index is 0.0387. The molecule has 2 aromatic heterocycles. The summed E-state index contributed by atoms with van der Waals surface area (Å²) >= 11 is 0. The topological polar surface area (TPSA) is 120 Å². The molecule has 1 N–H and O–H groups in total. The molecule has 0 aliphatic carbocycles. The standard InChI is InChI=1S/C38H40F3N6O6P/c1-4-25-27(40)9-7-22-13-21(18-53-54(48,49-3)52-5-2)14-26(30(22)25)33-32(41)34-31-35(47-17-24-8-10-28(42-24)29(47)19-50-36(31)43-33)45-37(44-34)51-20-38-11-6-12-46(38)16-23(39)15-38/h1,7,9,13-14,23-24,28-29,42H,5-6,8,10-12,15-20H2,2-3H3/t23-,24-,28+,29-,38+,54?/m1/s1. The van der Waals surface area contributed by atoms with Crippen LogP contribution in [0.25, 0.3) is 32.9 Å². The van der Waals surface area contributed by atoms with Gasteiger partial charge < -0.3 is 19.7 Å². The van der Waals surface area contributed by atoms with Crippen molar-refractivity contribution in [2.24, 2.45) is 0 Å². The monoisotopic (exact) mass is 764 g/mol. The molecule has 0 spiro atoms. The van der Waals surface area contributed by atoms with Crippen molar-refractivity contribution in [2.45, 2.75) is 75.5 Å². The number of hydrogen-bond donors (Lipinski definition) is 1. The Labute approximate surface area is 310 Å². The minimum Gasteiger partial charge on any atom is -0.475 e. The van der Waals surface area contributed by atoms with Crippen LogP contribution in [0.5, 0.6) is 11.9 Å². The second-order valence-electron chi connectivity index (χ2n) is 14.7. The fourth-order valence-corrected chi connectivity index (χ4v) is 10.1. The summed E-state index contributed by atoms with van der Waals surface area (Å²) in [5, 5.41) is 4.67. The molecule has 0 saturated carbocycles. The SMILES string of the molecule is C#Cc1c(F)ccc2cc(COP(=O)(OC)OCC)cc(-c3nc4c5c(nc(OC[C@@]67CCCN6C[C@H](F)C7)nc5c3F)N3C[C@H]5CC[C@H](N5)[C@H]3CO4)c12. The first-order chi connectivity index (χ1) is 26.1. The smallest absolute Gasteiger partial charge is 0.474 e. The van der Waals surface area contributed by atoms with Crippen LogP contribution < -0.4 is 19.7 Å². The van der Waals surface area contributed by atoms with Crippen molar-refractivity contribution in [2.75, 3.05) is 51.5 Å². The summed E-state index contributed by atoms with van der Waals surface area (Å²) in [6.45, 7) is 3.63. The molecule has 9 rings (SSSR count). The Balaban J connectivity index is 1.22. The Morgan fingerprint density at radius 2 is 2.02 bits per heavy atom. The van der Waals surface area contributed by atoms with Crippen LogP contribution in [0.1, 0.15) is 50.2 Å². The molecular formula is C38H40F3N6O6P. The zero-order chi connectivity index (χ0) is 37.4. The van der Waals surface area contributed by atoms with Gasteiger partial charge in [0.25, 0.3) is 0 Å². The Kier molecular flexibility index (Phi) is 8.99. The molecule has 5 aliphatic rings. The van der Waals surface area contributed by atoms with E-state index in [0.717, 1.165) is 32.2 Å². The number of hydrogen-bond acceptors (Lipinski definition) is 12. The molecule has 5 aliphatic heterocycles. The highest BCUT2D eigenvalue weighted by Crippen LogP contribution is 2.50. The third-order valence-electron chi connectivity index (χ3n) is 11.6. The van der Waals surface area contributed by atoms with Gasteiger partial charge >= 0.3 is 13.8 Å². The van der Waals surface area contributed by atoms with Crippen molar-refractivity contribution in [3.63, 3.8) is 0 Å². The number of halogens is 3. The Hall–Kier alpha value is -4.03. The van der Waals surface area contributed by atoms with Gasteiger partial charge in [0.15, 0.2) is 5.82 Å². The van der Waals surface area contributed by atoms with E-state index in [4.69, 9.17) is 39.4 Å². The maximum absolute atomic E-state index is 17.5. The second kappa shape index (κ2) is 13.6. The van der Waals surface area contributed by atoms with E-state index < -0.39 is 31.2 Å². The van der Waals surface area contributed by atoms with Crippen molar-refractivity contribution in [1.29, 1.82) is 0 Å². The van der Waals surface area contributed by atoms with Crippen molar-refractivity contribution < 1.29 is 40.8 Å². The third kappa shape index (κ3) is 5.90. The summed E-state index contributed by atoms with van der Waals surface area (Å²) in [6.07, 6.45) is 8.90. The van der Waals surface area contributed by atoms with E-state index in [1.165, 1.54) is 19.2 Å². The van der Waals surface area contributed by atoms with Crippen LogP contribution in [0.15, 0.2) is 24.3 Å². The fraction of sp³-hybridized carbons (Fsp3) is 0.500. The molecular weight excluding hydrogens is 724 g/mol. The highest BCUT2D eigenvalue weighted by atomic mass is 31.2. The van der Waals surface area contributed by atoms with E-state index in [-0.39, 0.29) is 84.2 Å². The maximum atomic E-state index is 17.5. The minimum atomic E-state index is -3.91. The van der Waals surface area contributed by atoms with Crippen LogP contribution in [-0.4, -0.2) is 96.3 Å². The number of phosphoric acid groups is 1. The van der Waals surface area contributed by atoms with Gasteiger partial charge in [0.1, 0.15) is 47.6 Å². The molecule has 4 fully saturated rings. The third-order valence-corrected chi connectivity index (χ3v) is 13.1. The van der Waals surface area contributed by atoms with Gasteiger partial charge in [0, 0.05) is 49.7 Å². The summed E-state index contributed by atoms with van der Waals surface area (Å²) < 4.78 is 89.1. The molecule has 6 atom stereocenters. The predicted octanol–water partition coefficient (Wildman–Crippen LogP) is 6.07. The van der Waals surface area contributed by atoms with Gasteiger partial charge in [-0.25, -0.2) is 22.7 Å². The van der Waals surface area contributed by atoms with E-state index in [2.05, 4.69) is 26.0 Å². The van der Waals surface area contributed by atoms with Crippen molar-refractivity contribution in [3.8, 4) is 35.5 Å². The number of nitrogens with one attached hydrogen (secondary N) is 1. The Morgan fingerprint density at radius 1 is 1.15 bits per heavy atom. The predicted molar refractivity (Wildman–Crippen MR) is 194 cm³/mol. The molecule has 0 amide bonds. The summed E-state index contributed by atoms with van der Waals surface area (Å²) in [4.78, 5) is 18.6. The fourth-order valence-electron chi connectivity index (χ4n) is 9.18. The van der Waals surface area contributed by atoms with Gasteiger partial charge in [-0.15, -0.1) is 6.42 Å². The molecule has 1 unspecified atom stereocenters. The van der Waals surface area contributed by atoms with Gasteiger partial charge in [-0.2, -0.15) is 9.97 Å². The number of piperazine rings is 1. The lowest BCUT2D eigenvalue weighted by molar-refractivity contribution is 0.107. The highest BCUT2D eigenvalue weighted by molar-refractivity contribution is 7.48. The van der Waals surface area contributed by atoms with Crippen molar-refractivity contribution >= 4 is 35.3 Å². The number of terminal acetylenes is 1. The van der Waals surface area contributed by atoms with Crippen LogP contribution in [0, 0.1) is 24.0 Å². The summed E-state index contributed by atoms with van der Waals surface area (Å²) in [5.74, 6) is 1.49. The molecule has 0 radical (unpaired) electrons. The van der Waals surface area contributed by atoms with Gasteiger partial charge in [0.2, 0.25) is 5.88 Å². The Morgan fingerprint density at radius 3 is 2.83 bits per heavy atom. The lowest BCUT2D eigenvalue weighted by Crippen LogP contribution is -2.60. The maximum Gasteiger partial charge on any atom is 0.474 e. The van der Waals surface area contributed by atoms with E-state index >= 15 is 8.78 Å². The normalized spacial score (nSPS) is 27.0. The number of ether oxygens (including phenoxy) is 2. The number of aromatic nitrogens is 3. The molecule has 4 aromatic rings. The lowest BCUT2D eigenvalue weighted by atomic mass is 9.94. The number of alkyl halides is 1. The zero-order valence-corrected chi connectivity index (χ0v) is 30.8. The number of fused-ring (bicyclic) bond motifs is 7. The molecule has 2 bridgehead atoms. The average Bonchev–Trinajstić information content (AvgIpc) is 3.81. The zero-order valence-electron chi connectivity index (χ0n) is 29.9.